The van der Waals surface area contributed by atoms with Crippen molar-refractivity contribution in [3.63, 3.8) is 0 Å². The molecule has 0 radical (unpaired) electrons. The molecule has 1 fully saturated rings. The second kappa shape index (κ2) is 7.35. The van der Waals surface area contributed by atoms with Crippen LogP contribution in [0.2, 0.25) is 0 Å². The number of rotatable bonds is 6. The number of carbonyl (C=O) groups is 1. The fourth-order valence-electron chi connectivity index (χ4n) is 4.19. The van der Waals surface area contributed by atoms with Crippen molar-refractivity contribution in [2.24, 2.45) is 11.7 Å². The zero-order chi connectivity index (χ0) is 20.5. The lowest BCUT2D eigenvalue weighted by molar-refractivity contribution is -0.384. The molecule has 3 aromatic heterocycles. The first-order valence-corrected chi connectivity index (χ1v) is 9.36. The maximum Gasteiger partial charge on any atom is 0.289 e. The third-order valence-corrected chi connectivity index (χ3v) is 5.57. The predicted octanol–water partition coefficient (Wildman–Crippen LogP) is 2.85. The van der Waals surface area contributed by atoms with Crippen LogP contribution >= 0.6 is 0 Å². The summed E-state index contributed by atoms with van der Waals surface area (Å²) in [5.41, 5.74) is 6.98. The van der Waals surface area contributed by atoms with Crippen molar-refractivity contribution in [1.82, 2.24) is 19.4 Å². The summed E-state index contributed by atoms with van der Waals surface area (Å²) in [6.45, 7) is 0. The highest BCUT2D eigenvalue weighted by Crippen LogP contribution is 2.37. The lowest BCUT2D eigenvalue weighted by Gasteiger charge is -2.21. The Morgan fingerprint density at radius 1 is 1.34 bits per heavy atom. The predicted molar refractivity (Wildman–Crippen MR) is 103 cm³/mol. The van der Waals surface area contributed by atoms with Crippen LogP contribution in [0.25, 0.3) is 16.6 Å². The van der Waals surface area contributed by atoms with Gasteiger partial charge in [-0.15, -0.1) is 0 Å². The average Bonchev–Trinajstić information content (AvgIpc) is 3.45. The summed E-state index contributed by atoms with van der Waals surface area (Å²) >= 11 is 0. The van der Waals surface area contributed by atoms with E-state index in [4.69, 9.17) is 5.73 Å². The molecule has 1 amide bonds. The SMILES string of the molecule is N#CCC(C1CCCC1)n1cc(-c2c(C(N)=O)cnn3cc([N+](=O)[O-])cc23)cn1. The molecule has 0 aromatic carbocycles. The molecule has 4 rings (SSSR count). The number of nitrogens with two attached hydrogens (primary N) is 1. The van der Waals surface area contributed by atoms with E-state index in [0.717, 1.165) is 25.7 Å². The highest BCUT2D eigenvalue weighted by Gasteiger charge is 2.28. The van der Waals surface area contributed by atoms with Gasteiger partial charge in [0.15, 0.2) is 0 Å². The molecule has 0 spiro atoms. The van der Waals surface area contributed by atoms with Crippen molar-refractivity contribution in [3.8, 4) is 17.2 Å². The molecule has 0 saturated heterocycles. The molecule has 1 aliphatic carbocycles. The Labute approximate surface area is 165 Å². The molecule has 148 valence electrons. The first-order chi connectivity index (χ1) is 14.0. The van der Waals surface area contributed by atoms with Gasteiger partial charge in [-0.3, -0.25) is 19.6 Å². The van der Waals surface area contributed by atoms with Gasteiger partial charge >= 0.3 is 0 Å². The van der Waals surface area contributed by atoms with Gasteiger partial charge in [0.05, 0.1) is 46.9 Å². The van der Waals surface area contributed by atoms with Gasteiger partial charge in [-0.2, -0.15) is 15.5 Å². The van der Waals surface area contributed by atoms with Crippen LogP contribution in [0.1, 0.15) is 48.5 Å². The molecular weight excluding hydrogens is 374 g/mol. The maximum atomic E-state index is 12.0. The number of hydrogen-bond donors (Lipinski definition) is 1. The number of carbonyl (C=O) groups excluding carboxylic acids is 1. The van der Waals surface area contributed by atoms with Gasteiger partial charge in [-0.1, -0.05) is 12.8 Å². The molecule has 0 bridgehead atoms. The van der Waals surface area contributed by atoms with E-state index in [2.05, 4.69) is 16.3 Å². The van der Waals surface area contributed by atoms with Crippen LogP contribution in [-0.4, -0.2) is 30.2 Å². The van der Waals surface area contributed by atoms with Crippen molar-refractivity contribution < 1.29 is 9.72 Å². The third-order valence-electron chi connectivity index (χ3n) is 5.57. The fraction of sp³-hybridized carbons (Fsp3) is 0.368. The highest BCUT2D eigenvalue weighted by molar-refractivity contribution is 6.03. The lowest BCUT2D eigenvalue weighted by atomic mass is 9.96. The molecular formula is C19H19N7O3. The molecule has 0 aliphatic heterocycles. The zero-order valence-corrected chi connectivity index (χ0v) is 15.6. The van der Waals surface area contributed by atoms with Gasteiger partial charge in [0.2, 0.25) is 0 Å². The van der Waals surface area contributed by atoms with Gasteiger partial charge in [0.25, 0.3) is 11.6 Å². The van der Waals surface area contributed by atoms with Crippen LogP contribution < -0.4 is 5.73 Å². The second-order valence-corrected chi connectivity index (χ2v) is 7.27. The van der Waals surface area contributed by atoms with E-state index < -0.39 is 10.8 Å². The fourth-order valence-corrected chi connectivity index (χ4v) is 4.19. The average molecular weight is 393 g/mol. The van der Waals surface area contributed by atoms with Gasteiger partial charge in [0.1, 0.15) is 6.20 Å². The minimum atomic E-state index is -0.684. The van der Waals surface area contributed by atoms with Gasteiger partial charge < -0.3 is 5.73 Å². The van der Waals surface area contributed by atoms with E-state index in [0.29, 0.717) is 29.0 Å². The smallest absolute Gasteiger partial charge is 0.289 e. The van der Waals surface area contributed by atoms with Crippen LogP contribution in [-0.2, 0) is 0 Å². The van der Waals surface area contributed by atoms with E-state index in [9.17, 15) is 20.2 Å². The Bertz CT molecular complexity index is 1130. The van der Waals surface area contributed by atoms with Crippen LogP contribution in [0.15, 0.2) is 30.9 Å². The Morgan fingerprint density at radius 3 is 2.76 bits per heavy atom. The zero-order valence-electron chi connectivity index (χ0n) is 15.6. The van der Waals surface area contributed by atoms with Crippen molar-refractivity contribution in [2.75, 3.05) is 0 Å². The molecule has 1 unspecified atom stereocenters. The number of hydrogen-bond acceptors (Lipinski definition) is 6. The monoisotopic (exact) mass is 393 g/mol. The molecule has 10 heteroatoms. The molecule has 1 aliphatic rings. The summed E-state index contributed by atoms with van der Waals surface area (Å²) in [5, 5.41) is 29.0. The van der Waals surface area contributed by atoms with Crippen molar-refractivity contribution in [2.45, 2.75) is 38.1 Å². The van der Waals surface area contributed by atoms with Crippen molar-refractivity contribution in [3.05, 3.63) is 46.5 Å². The molecule has 2 N–H and O–H groups in total. The minimum Gasteiger partial charge on any atom is -0.366 e. The topological polar surface area (TPSA) is 145 Å². The third kappa shape index (κ3) is 3.31. The summed E-state index contributed by atoms with van der Waals surface area (Å²) in [6.07, 6.45) is 10.7. The van der Waals surface area contributed by atoms with Crippen LogP contribution in [0, 0.1) is 27.4 Å². The summed E-state index contributed by atoms with van der Waals surface area (Å²) in [7, 11) is 0. The number of primary amides is 1. The highest BCUT2D eigenvalue weighted by atomic mass is 16.6. The van der Waals surface area contributed by atoms with E-state index in [1.807, 2.05) is 0 Å². The van der Waals surface area contributed by atoms with E-state index in [1.54, 1.807) is 17.1 Å². The standard InChI is InChI=1S/C19H19N7O3/c20-6-5-16(12-3-1-2-4-12)24-10-13(8-22-24)18-15(19(21)27)9-23-25-11-14(26(28)29)7-17(18)25/h7-12,16H,1-5H2,(H2,21,27). The molecule has 10 nitrogen and oxygen atoms in total. The Kier molecular flexibility index (Phi) is 4.72. The largest absolute Gasteiger partial charge is 0.366 e. The van der Waals surface area contributed by atoms with Crippen LogP contribution in [0.5, 0.6) is 0 Å². The molecule has 29 heavy (non-hydrogen) atoms. The quantitative estimate of drug-likeness (QED) is 0.503. The first kappa shape index (κ1) is 18.6. The summed E-state index contributed by atoms with van der Waals surface area (Å²) in [4.78, 5) is 22.7. The first-order valence-electron chi connectivity index (χ1n) is 9.36. The normalized spacial score (nSPS) is 15.4. The maximum absolute atomic E-state index is 12.0. The number of amides is 1. The second-order valence-electron chi connectivity index (χ2n) is 7.27. The Hall–Kier alpha value is -3.74. The minimum absolute atomic E-state index is 0.0488. The summed E-state index contributed by atoms with van der Waals surface area (Å²) in [6, 6.07) is 3.55. The van der Waals surface area contributed by atoms with Crippen LogP contribution in [0.3, 0.4) is 0 Å². The lowest BCUT2D eigenvalue weighted by Crippen LogP contribution is -2.17. The number of nitriles is 1. The number of fused-ring (bicyclic) bond motifs is 1. The van der Waals surface area contributed by atoms with E-state index in [-0.39, 0.29) is 17.3 Å². The molecule has 3 aromatic rings. The number of aromatic nitrogens is 4. The van der Waals surface area contributed by atoms with Crippen molar-refractivity contribution in [1.29, 1.82) is 5.26 Å². The number of nitro groups is 1. The van der Waals surface area contributed by atoms with Gasteiger partial charge in [-0.05, 0) is 18.8 Å². The van der Waals surface area contributed by atoms with Crippen molar-refractivity contribution >= 4 is 17.1 Å². The molecule has 1 saturated carbocycles. The Morgan fingerprint density at radius 2 is 2.10 bits per heavy atom. The molecule has 3 heterocycles. The molecule has 1 atom stereocenters. The van der Waals surface area contributed by atoms with E-state index >= 15 is 0 Å². The van der Waals surface area contributed by atoms with Gasteiger partial charge in [-0.25, -0.2) is 4.52 Å². The van der Waals surface area contributed by atoms with E-state index in [1.165, 1.54) is 23.0 Å². The van der Waals surface area contributed by atoms with Gasteiger partial charge in [0, 0.05) is 23.4 Å². The van der Waals surface area contributed by atoms with Crippen LogP contribution in [0.4, 0.5) is 5.69 Å². The Balaban J connectivity index is 1.84. The summed E-state index contributed by atoms with van der Waals surface area (Å²) in [5.74, 6) is -0.305. The summed E-state index contributed by atoms with van der Waals surface area (Å²) < 4.78 is 3.12. The number of nitrogens with zero attached hydrogens (tertiary/aromatic N) is 6.